The second kappa shape index (κ2) is 11.2. The average molecular weight is 490 g/mol. The van der Waals surface area contributed by atoms with Crippen LogP contribution < -0.4 is 10.6 Å². The molecule has 1 heterocycles. The standard InChI is InChI=1S/C20H31FN4O.HI/c1-3-22-20(24-17-8-10-25(11-9-17)18-5-6-18)23-13-15-4-7-19(21)16(12-15)14-26-2;/h4,7,12,17-18H,3,5-6,8-11,13-14H2,1-2H3,(H2,22,23,24);1H. The number of rotatable bonds is 7. The minimum atomic E-state index is -0.230. The van der Waals surface area contributed by atoms with Crippen LogP contribution in [0.25, 0.3) is 0 Å². The van der Waals surface area contributed by atoms with Crippen molar-refractivity contribution in [1.82, 2.24) is 15.5 Å². The molecule has 0 spiro atoms. The van der Waals surface area contributed by atoms with Gasteiger partial charge in [0.05, 0.1) is 13.2 Å². The van der Waals surface area contributed by atoms with Crippen LogP contribution in [0.5, 0.6) is 0 Å². The summed E-state index contributed by atoms with van der Waals surface area (Å²) in [4.78, 5) is 7.32. The summed E-state index contributed by atoms with van der Waals surface area (Å²) < 4.78 is 18.8. The highest BCUT2D eigenvalue weighted by Crippen LogP contribution is 2.29. The number of nitrogens with one attached hydrogen (secondary N) is 2. The van der Waals surface area contributed by atoms with Gasteiger partial charge in [0.1, 0.15) is 5.82 Å². The predicted octanol–water partition coefficient (Wildman–Crippen LogP) is 3.27. The molecule has 7 heteroatoms. The summed E-state index contributed by atoms with van der Waals surface area (Å²) in [5.41, 5.74) is 1.56. The van der Waals surface area contributed by atoms with Crippen LogP contribution in [0.15, 0.2) is 23.2 Å². The van der Waals surface area contributed by atoms with E-state index in [0.29, 0.717) is 18.2 Å². The Hall–Kier alpha value is -0.930. The zero-order valence-corrected chi connectivity index (χ0v) is 18.7. The van der Waals surface area contributed by atoms with Gasteiger partial charge in [-0.05, 0) is 50.3 Å². The maximum Gasteiger partial charge on any atom is 0.191 e. The van der Waals surface area contributed by atoms with E-state index in [1.54, 1.807) is 13.2 Å². The van der Waals surface area contributed by atoms with Gasteiger partial charge in [0, 0.05) is 44.4 Å². The third kappa shape index (κ3) is 6.87. The topological polar surface area (TPSA) is 48.9 Å². The van der Waals surface area contributed by atoms with Crippen molar-refractivity contribution in [2.45, 2.75) is 57.8 Å². The summed E-state index contributed by atoms with van der Waals surface area (Å²) in [5.74, 6) is 0.613. The molecule has 152 valence electrons. The molecule has 2 aliphatic rings. The quantitative estimate of drug-likeness (QED) is 0.350. The molecule has 1 aliphatic heterocycles. The third-order valence-corrected chi connectivity index (χ3v) is 5.11. The van der Waals surface area contributed by atoms with Crippen molar-refractivity contribution in [3.05, 3.63) is 35.1 Å². The number of guanidine groups is 1. The predicted molar refractivity (Wildman–Crippen MR) is 118 cm³/mol. The Labute approximate surface area is 179 Å². The minimum absolute atomic E-state index is 0. The summed E-state index contributed by atoms with van der Waals surface area (Å²) in [6.45, 7) is 6.06. The molecule has 2 N–H and O–H groups in total. The Morgan fingerprint density at radius 3 is 2.63 bits per heavy atom. The summed E-state index contributed by atoms with van der Waals surface area (Å²) in [5, 5.41) is 6.90. The number of aliphatic imine (C=N–C) groups is 1. The molecule has 0 aromatic heterocycles. The lowest BCUT2D eigenvalue weighted by atomic mass is 10.1. The number of benzene rings is 1. The van der Waals surface area contributed by atoms with Gasteiger partial charge in [0.15, 0.2) is 5.96 Å². The summed E-state index contributed by atoms with van der Waals surface area (Å²) in [6.07, 6.45) is 5.08. The second-order valence-corrected chi connectivity index (χ2v) is 7.24. The number of hydrogen-bond donors (Lipinski definition) is 2. The van der Waals surface area contributed by atoms with Gasteiger partial charge in [0.25, 0.3) is 0 Å². The van der Waals surface area contributed by atoms with Crippen LogP contribution in [-0.4, -0.2) is 49.7 Å². The lowest BCUT2D eigenvalue weighted by molar-refractivity contribution is 0.181. The van der Waals surface area contributed by atoms with Crippen molar-refractivity contribution in [3.8, 4) is 0 Å². The van der Waals surface area contributed by atoms with Crippen LogP contribution in [0.4, 0.5) is 4.39 Å². The van der Waals surface area contributed by atoms with Gasteiger partial charge < -0.3 is 20.3 Å². The zero-order chi connectivity index (χ0) is 18.4. The molecule has 1 aliphatic carbocycles. The Morgan fingerprint density at radius 2 is 2.00 bits per heavy atom. The lowest BCUT2D eigenvalue weighted by Crippen LogP contribution is -2.49. The van der Waals surface area contributed by atoms with Crippen LogP contribution in [-0.2, 0) is 17.9 Å². The molecule has 1 aromatic rings. The molecule has 0 atom stereocenters. The monoisotopic (exact) mass is 490 g/mol. The highest BCUT2D eigenvalue weighted by atomic mass is 127. The first kappa shape index (κ1) is 22.4. The fourth-order valence-corrected chi connectivity index (χ4v) is 3.52. The molecule has 27 heavy (non-hydrogen) atoms. The van der Waals surface area contributed by atoms with Crippen molar-refractivity contribution in [1.29, 1.82) is 0 Å². The fourth-order valence-electron chi connectivity index (χ4n) is 3.52. The SMILES string of the molecule is CCNC(=NCc1ccc(F)c(COC)c1)NC1CCN(C2CC2)CC1.I. The van der Waals surface area contributed by atoms with Gasteiger partial charge in [-0.25, -0.2) is 9.38 Å². The van der Waals surface area contributed by atoms with Crippen LogP contribution >= 0.6 is 24.0 Å². The van der Waals surface area contributed by atoms with Crippen molar-refractivity contribution in [3.63, 3.8) is 0 Å². The van der Waals surface area contributed by atoms with E-state index in [1.807, 2.05) is 6.07 Å². The molecule has 0 radical (unpaired) electrons. The zero-order valence-electron chi connectivity index (χ0n) is 16.3. The molecule has 1 aromatic carbocycles. The maximum atomic E-state index is 13.7. The molecule has 0 unspecified atom stereocenters. The number of piperidine rings is 1. The number of methoxy groups -OCH3 is 1. The van der Waals surface area contributed by atoms with Crippen molar-refractivity contribution in [2.24, 2.45) is 4.99 Å². The molecule has 0 amide bonds. The van der Waals surface area contributed by atoms with E-state index < -0.39 is 0 Å². The number of likely N-dealkylation sites (tertiary alicyclic amines) is 1. The fraction of sp³-hybridized carbons (Fsp3) is 0.650. The number of halogens is 2. The number of hydrogen-bond acceptors (Lipinski definition) is 3. The first-order valence-electron chi connectivity index (χ1n) is 9.74. The molecule has 5 nitrogen and oxygen atoms in total. The first-order chi connectivity index (χ1) is 12.7. The van der Waals surface area contributed by atoms with E-state index in [2.05, 4.69) is 22.5 Å². The van der Waals surface area contributed by atoms with Crippen LogP contribution in [0.1, 0.15) is 43.7 Å². The van der Waals surface area contributed by atoms with Gasteiger partial charge in [-0.3, -0.25) is 0 Å². The summed E-state index contributed by atoms with van der Waals surface area (Å²) in [6, 6.07) is 6.45. The van der Waals surface area contributed by atoms with Crippen molar-refractivity contribution < 1.29 is 9.13 Å². The van der Waals surface area contributed by atoms with Crippen LogP contribution in [0, 0.1) is 5.82 Å². The third-order valence-electron chi connectivity index (χ3n) is 5.11. The number of ether oxygens (including phenoxy) is 1. The van der Waals surface area contributed by atoms with Crippen molar-refractivity contribution >= 4 is 29.9 Å². The van der Waals surface area contributed by atoms with Crippen LogP contribution in [0.3, 0.4) is 0 Å². The Kier molecular flexibility index (Phi) is 9.25. The van der Waals surface area contributed by atoms with Crippen LogP contribution in [0.2, 0.25) is 0 Å². The van der Waals surface area contributed by atoms with Gasteiger partial charge in [-0.1, -0.05) is 6.07 Å². The molecule has 1 saturated carbocycles. The van der Waals surface area contributed by atoms with E-state index in [4.69, 9.17) is 9.73 Å². The minimum Gasteiger partial charge on any atom is -0.380 e. The Balaban J connectivity index is 0.00000261. The average Bonchev–Trinajstić information content (AvgIpc) is 3.48. The Morgan fingerprint density at radius 1 is 1.26 bits per heavy atom. The number of nitrogens with zero attached hydrogens (tertiary/aromatic N) is 2. The molecular formula is C20H32FIN4O. The smallest absolute Gasteiger partial charge is 0.191 e. The first-order valence-corrected chi connectivity index (χ1v) is 9.74. The van der Waals surface area contributed by atoms with Crippen molar-refractivity contribution in [2.75, 3.05) is 26.7 Å². The molecular weight excluding hydrogens is 458 g/mol. The van der Waals surface area contributed by atoms with E-state index in [1.165, 1.54) is 32.0 Å². The van der Waals surface area contributed by atoms with Gasteiger partial charge in [0.2, 0.25) is 0 Å². The van der Waals surface area contributed by atoms with Gasteiger partial charge in [-0.15, -0.1) is 24.0 Å². The normalized spacial score (nSPS) is 18.9. The van der Waals surface area contributed by atoms with E-state index in [-0.39, 0.29) is 36.4 Å². The largest absolute Gasteiger partial charge is 0.380 e. The highest BCUT2D eigenvalue weighted by molar-refractivity contribution is 14.0. The molecule has 1 saturated heterocycles. The molecule has 3 rings (SSSR count). The highest BCUT2D eigenvalue weighted by Gasteiger charge is 2.31. The maximum absolute atomic E-state index is 13.7. The molecule has 2 fully saturated rings. The van der Waals surface area contributed by atoms with E-state index in [9.17, 15) is 4.39 Å². The van der Waals surface area contributed by atoms with Gasteiger partial charge in [-0.2, -0.15) is 0 Å². The van der Waals surface area contributed by atoms with Gasteiger partial charge >= 0.3 is 0 Å². The summed E-state index contributed by atoms with van der Waals surface area (Å²) >= 11 is 0. The van der Waals surface area contributed by atoms with E-state index in [0.717, 1.165) is 37.0 Å². The lowest BCUT2D eigenvalue weighted by Gasteiger charge is -2.33. The molecule has 0 bridgehead atoms. The second-order valence-electron chi connectivity index (χ2n) is 7.24. The van der Waals surface area contributed by atoms with E-state index >= 15 is 0 Å². The summed E-state index contributed by atoms with van der Waals surface area (Å²) in [7, 11) is 1.58. The Bertz CT molecular complexity index is 616.